The maximum Gasteiger partial charge on any atom is 0.336 e. The molecule has 1 saturated heterocycles. The molecule has 0 saturated carbocycles. The van der Waals surface area contributed by atoms with E-state index in [4.69, 9.17) is 4.84 Å². The summed E-state index contributed by atoms with van der Waals surface area (Å²) in [5, 5.41) is 14.0. The number of para-hydroxylation sites is 1. The fourth-order valence-electron chi connectivity index (χ4n) is 3.59. The molecule has 0 unspecified atom stereocenters. The van der Waals surface area contributed by atoms with Gasteiger partial charge in [-0.1, -0.05) is 48.5 Å². The number of nitrogens with one attached hydrogen (secondary N) is 1. The Morgan fingerprint density at radius 3 is 2.10 bits per heavy atom. The molecule has 1 amide bonds. The Labute approximate surface area is 172 Å². The maximum absolute atomic E-state index is 13.2. The van der Waals surface area contributed by atoms with E-state index in [0.717, 1.165) is 5.56 Å². The Morgan fingerprint density at radius 2 is 1.50 bits per heavy atom. The van der Waals surface area contributed by atoms with Crippen LogP contribution in [0.1, 0.15) is 11.6 Å². The van der Waals surface area contributed by atoms with Gasteiger partial charge in [-0.2, -0.15) is 0 Å². The third-order valence-electron chi connectivity index (χ3n) is 4.96. The minimum absolute atomic E-state index is 0.371. The number of anilines is 2. The largest absolute Gasteiger partial charge is 0.479 e. The van der Waals surface area contributed by atoms with E-state index in [1.54, 1.807) is 12.1 Å². The van der Waals surface area contributed by atoms with E-state index in [1.165, 1.54) is 29.3 Å². The summed E-state index contributed by atoms with van der Waals surface area (Å²) >= 11 is 0. The van der Waals surface area contributed by atoms with Gasteiger partial charge in [-0.3, -0.25) is 9.63 Å². The van der Waals surface area contributed by atoms with Gasteiger partial charge in [-0.15, -0.1) is 0 Å². The van der Waals surface area contributed by atoms with Crippen molar-refractivity contribution in [3.63, 3.8) is 0 Å². The minimum atomic E-state index is -1.39. The molecule has 7 heteroatoms. The van der Waals surface area contributed by atoms with Gasteiger partial charge in [0.05, 0.1) is 11.7 Å². The zero-order valence-corrected chi connectivity index (χ0v) is 15.8. The lowest BCUT2D eigenvalue weighted by atomic mass is 9.88. The summed E-state index contributed by atoms with van der Waals surface area (Å²) in [5.74, 6) is -3.25. The molecule has 1 aliphatic rings. The number of carboxylic acid groups (broad SMARTS) is 1. The number of benzene rings is 3. The van der Waals surface area contributed by atoms with Crippen molar-refractivity contribution < 1.29 is 23.9 Å². The SMILES string of the molecule is O=C(Nc1ccc(F)cc1)[C@H]1[C@H](C(=O)O)ON(c2ccccc2)[C@H]1c1ccccc1. The fraction of sp³-hybridized carbons (Fsp3) is 0.130. The highest BCUT2D eigenvalue weighted by atomic mass is 19.1. The number of halogens is 1. The highest BCUT2D eigenvalue weighted by Crippen LogP contribution is 2.43. The Balaban J connectivity index is 1.74. The highest BCUT2D eigenvalue weighted by molar-refractivity contribution is 5.97. The number of aliphatic carboxylic acids is 1. The molecule has 3 atom stereocenters. The highest BCUT2D eigenvalue weighted by Gasteiger charge is 2.52. The lowest BCUT2D eigenvalue weighted by molar-refractivity contribution is -0.151. The quantitative estimate of drug-likeness (QED) is 0.669. The molecule has 3 aromatic rings. The molecule has 1 aliphatic heterocycles. The molecule has 0 bridgehead atoms. The molecule has 3 aromatic carbocycles. The number of hydrogen-bond acceptors (Lipinski definition) is 4. The van der Waals surface area contributed by atoms with E-state index in [1.807, 2.05) is 48.5 Å². The number of amides is 1. The van der Waals surface area contributed by atoms with Crippen LogP contribution in [-0.4, -0.2) is 23.1 Å². The fourth-order valence-corrected chi connectivity index (χ4v) is 3.59. The smallest absolute Gasteiger partial charge is 0.336 e. The van der Waals surface area contributed by atoms with Gasteiger partial charge in [0, 0.05) is 5.69 Å². The summed E-state index contributed by atoms with van der Waals surface area (Å²) in [6.07, 6.45) is -1.39. The van der Waals surface area contributed by atoms with Crippen LogP contribution in [0.15, 0.2) is 84.9 Å². The normalized spacial score (nSPS) is 20.7. The van der Waals surface area contributed by atoms with Gasteiger partial charge >= 0.3 is 5.97 Å². The van der Waals surface area contributed by atoms with Crippen molar-refractivity contribution in [1.82, 2.24) is 0 Å². The zero-order chi connectivity index (χ0) is 21.1. The van der Waals surface area contributed by atoms with Crippen molar-refractivity contribution in [1.29, 1.82) is 0 Å². The second-order valence-electron chi connectivity index (χ2n) is 6.90. The average molecular weight is 406 g/mol. The summed E-state index contributed by atoms with van der Waals surface area (Å²) in [4.78, 5) is 31.0. The lowest BCUT2D eigenvalue weighted by Crippen LogP contribution is -2.37. The van der Waals surface area contributed by atoms with Crippen molar-refractivity contribution in [3.05, 3.63) is 96.3 Å². The standard InChI is InChI=1S/C23H19FN2O4/c24-16-11-13-17(14-12-16)25-22(27)19-20(15-7-3-1-4-8-15)26(30-21(19)23(28)29)18-9-5-2-6-10-18/h1-14,19-21H,(H,25,27)(H,28,29)/t19-,20+,21-/m1/s1. The third kappa shape index (κ3) is 3.88. The predicted molar refractivity (Wildman–Crippen MR) is 109 cm³/mol. The molecule has 6 nitrogen and oxygen atoms in total. The maximum atomic E-state index is 13.2. The van der Waals surface area contributed by atoms with Crippen LogP contribution in [0.2, 0.25) is 0 Å². The first kappa shape index (κ1) is 19.6. The zero-order valence-electron chi connectivity index (χ0n) is 15.8. The average Bonchev–Trinajstić information content (AvgIpc) is 3.18. The number of nitrogens with zero attached hydrogens (tertiary/aromatic N) is 1. The second-order valence-corrected chi connectivity index (χ2v) is 6.90. The predicted octanol–water partition coefficient (Wildman–Crippen LogP) is 4.03. The molecule has 4 rings (SSSR count). The number of rotatable bonds is 5. The molecule has 1 heterocycles. The van der Waals surface area contributed by atoms with Gasteiger partial charge in [0.25, 0.3) is 0 Å². The Hall–Kier alpha value is -3.71. The molecule has 0 spiro atoms. The van der Waals surface area contributed by atoms with Crippen LogP contribution in [0.4, 0.5) is 15.8 Å². The van der Waals surface area contributed by atoms with Crippen LogP contribution in [0.5, 0.6) is 0 Å². The summed E-state index contributed by atoms with van der Waals surface area (Å²) in [7, 11) is 0. The van der Waals surface area contributed by atoms with Crippen molar-refractivity contribution in [2.24, 2.45) is 5.92 Å². The summed E-state index contributed by atoms with van der Waals surface area (Å²) < 4.78 is 13.2. The molecular weight excluding hydrogens is 387 g/mol. The molecular formula is C23H19FN2O4. The van der Waals surface area contributed by atoms with Crippen LogP contribution < -0.4 is 10.4 Å². The molecule has 0 radical (unpaired) electrons. The van der Waals surface area contributed by atoms with E-state index < -0.39 is 35.8 Å². The number of carboxylic acids is 1. The number of carbonyl (C=O) groups is 2. The van der Waals surface area contributed by atoms with Crippen LogP contribution in [0.25, 0.3) is 0 Å². The third-order valence-corrected chi connectivity index (χ3v) is 4.96. The van der Waals surface area contributed by atoms with Crippen molar-refractivity contribution in [2.45, 2.75) is 12.1 Å². The van der Waals surface area contributed by atoms with Crippen LogP contribution >= 0.6 is 0 Å². The molecule has 30 heavy (non-hydrogen) atoms. The molecule has 0 aromatic heterocycles. The van der Waals surface area contributed by atoms with Crippen molar-refractivity contribution in [2.75, 3.05) is 10.4 Å². The minimum Gasteiger partial charge on any atom is -0.479 e. The van der Waals surface area contributed by atoms with E-state index in [9.17, 15) is 19.1 Å². The van der Waals surface area contributed by atoms with Crippen LogP contribution in [-0.2, 0) is 14.4 Å². The van der Waals surface area contributed by atoms with Crippen molar-refractivity contribution in [3.8, 4) is 0 Å². The Bertz CT molecular complexity index is 1030. The summed E-state index contributed by atoms with van der Waals surface area (Å²) in [6, 6.07) is 22.8. The molecule has 0 aliphatic carbocycles. The van der Waals surface area contributed by atoms with E-state index in [-0.39, 0.29) is 0 Å². The van der Waals surface area contributed by atoms with Crippen LogP contribution in [0, 0.1) is 11.7 Å². The van der Waals surface area contributed by atoms with Gasteiger partial charge in [-0.25, -0.2) is 14.2 Å². The molecule has 2 N–H and O–H groups in total. The molecule has 152 valence electrons. The first-order chi connectivity index (χ1) is 14.5. The van der Waals surface area contributed by atoms with Gasteiger partial charge in [0.1, 0.15) is 11.7 Å². The van der Waals surface area contributed by atoms with Gasteiger partial charge in [0.15, 0.2) is 6.10 Å². The van der Waals surface area contributed by atoms with E-state index in [2.05, 4.69) is 5.32 Å². The van der Waals surface area contributed by atoms with Gasteiger partial charge < -0.3 is 10.4 Å². The topological polar surface area (TPSA) is 78.9 Å². The number of hydroxylamine groups is 1. The van der Waals surface area contributed by atoms with Crippen molar-refractivity contribution >= 4 is 23.3 Å². The second kappa shape index (κ2) is 8.34. The van der Waals surface area contributed by atoms with Gasteiger partial charge in [-0.05, 0) is 42.0 Å². The first-order valence-electron chi connectivity index (χ1n) is 9.40. The summed E-state index contributed by atoms with van der Waals surface area (Å²) in [5.41, 5.74) is 1.74. The van der Waals surface area contributed by atoms with Crippen LogP contribution in [0.3, 0.4) is 0 Å². The van der Waals surface area contributed by atoms with E-state index in [0.29, 0.717) is 11.4 Å². The Kier molecular flexibility index (Phi) is 5.45. The molecule has 1 fully saturated rings. The summed E-state index contributed by atoms with van der Waals surface area (Å²) in [6.45, 7) is 0. The number of carbonyl (C=O) groups excluding carboxylic acids is 1. The lowest BCUT2D eigenvalue weighted by Gasteiger charge is -2.27. The number of hydrogen-bond donors (Lipinski definition) is 2. The first-order valence-corrected chi connectivity index (χ1v) is 9.40. The monoisotopic (exact) mass is 406 g/mol. The van der Waals surface area contributed by atoms with Gasteiger partial charge in [0.2, 0.25) is 5.91 Å². The van der Waals surface area contributed by atoms with E-state index >= 15 is 0 Å². The Morgan fingerprint density at radius 1 is 0.900 bits per heavy atom.